The number of para-hydroxylation sites is 4. The van der Waals surface area contributed by atoms with Crippen LogP contribution in [0.3, 0.4) is 0 Å². The molecule has 3 rings (SSSR count). The molecule has 2 N–H and O–H groups in total. The molecule has 2 amide bonds. The fourth-order valence-corrected chi connectivity index (χ4v) is 3.26. The van der Waals surface area contributed by atoms with Gasteiger partial charge < -0.3 is 29.6 Å². The summed E-state index contributed by atoms with van der Waals surface area (Å²) in [5.41, 5.74) is 1.16. The van der Waals surface area contributed by atoms with Crippen molar-refractivity contribution in [3.63, 3.8) is 0 Å². The van der Waals surface area contributed by atoms with Gasteiger partial charge in [-0.15, -0.1) is 0 Å². The van der Waals surface area contributed by atoms with Crippen LogP contribution in [0.15, 0.2) is 72.8 Å². The minimum Gasteiger partial charge on any atom is -0.480 e. The first kappa shape index (κ1) is 27.7. The number of rotatable bonds is 12. The molecule has 0 heterocycles. The van der Waals surface area contributed by atoms with Crippen molar-refractivity contribution in [1.29, 1.82) is 0 Å². The third-order valence-corrected chi connectivity index (χ3v) is 4.96. The van der Waals surface area contributed by atoms with E-state index in [1.165, 1.54) is 6.07 Å². The molecule has 0 bridgehead atoms. The summed E-state index contributed by atoms with van der Waals surface area (Å²) in [6.07, 6.45) is 0. The van der Waals surface area contributed by atoms with Crippen molar-refractivity contribution in [2.75, 3.05) is 37.1 Å². The molecule has 0 spiro atoms. The minimum atomic E-state index is -0.528. The molecule has 38 heavy (non-hydrogen) atoms. The summed E-state index contributed by atoms with van der Waals surface area (Å²) >= 11 is 0. The average molecular weight is 521 g/mol. The van der Waals surface area contributed by atoms with Gasteiger partial charge in [0.05, 0.1) is 24.6 Å². The summed E-state index contributed by atoms with van der Waals surface area (Å²) in [6.45, 7) is 3.24. The van der Waals surface area contributed by atoms with Gasteiger partial charge in [0.2, 0.25) is 0 Å². The van der Waals surface area contributed by atoms with Crippen molar-refractivity contribution in [2.24, 2.45) is 0 Å². The van der Waals surface area contributed by atoms with Crippen LogP contribution in [0.4, 0.5) is 11.4 Å². The molecule has 0 atom stereocenters. The zero-order chi connectivity index (χ0) is 27.3. The molecular weight excluding hydrogens is 492 g/mol. The van der Waals surface area contributed by atoms with Crippen LogP contribution in [-0.4, -0.2) is 50.2 Å². The molecule has 0 saturated heterocycles. The van der Waals surface area contributed by atoms with Gasteiger partial charge in [0.15, 0.2) is 13.2 Å². The number of benzene rings is 3. The Bertz CT molecular complexity index is 1200. The molecule has 3 aromatic carbocycles. The van der Waals surface area contributed by atoms with Gasteiger partial charge in [-0.1, -0.05) is 30.3 Å². The summed E-state index contributed by atoms with van der Waals surface area (Å²) in [4.78, 5) is 49.1. The van der Waals surface area contributed by atoms with Crippen molar-refractivity contribution < 1.29 is 38.1 Å². The largest absolute Gasteiger partial charge is 0.480 e. The zero-order valence-corrected chi connectivity index (χ0v) is 21.0. The smallest absolute Gasteiger partial charge is 0.344 e. The molecule has 0 aromatic heterocycles. The van der Waals surface area contributed by atoms with E-state index in [1.54, 1.807) is 80.6 Å². The maximum Gasteiger partial charge on any atom is 0.344 e. The Balaban J connectivity index is 1.68. The second kappa shape index (κ2) is 14.0. The lowest BCUT2D eigenvalue weighted by Gasteiger charge is -2.13. The Kier molecular flexibility index (Phi) is 10.2. The van der Waals surface area contributed by atoms with Gasteiger partial charge in [0.25, 0.3) is 11.8 Å². The Morgan fingerprint density at radius 3 is 1.45 bits per heavy atom. The van der Waals surface area contributed by atoms with Crippen molar-refractivity contribution in [3.8, 4) is 11.5 Å². The van der Waals surface area contributed by atoms with Gasteiger partial charge in [-0.25, -0.2) is 9.59 Å². The number of anilines is 2. The molecular formula is C28H28N2O8. The number of esters is 2. The predicted molar refractivity (Wildman–Crippen MR) is 139 cm³/mol. The van der Waals surface area contributed by atoms with Crippen molar-refractivity contribution in [3.05, 3.63) is 83.9 Å². The van der Waals surface area contributed by atoms with Crippen LogP contribution in [-0.2, 0) is 19.1 Å². The summed E-state index contributed by atoms with van der Waals surface area (Å²) < 4.78 is 20.7. The van der Waals surface area contributed by atoms with Gasteiger partial charge in [-0.2, -0.15) is 0 Å². The monoisotopic (exact) mass is 520 g/mol. The van der Waals surface area contributed by atoms with Gasteiger partial charge in [-0.3, -0.25) is 9.59 Å². The highest BCUT2D eigenvalue weighted by atomic mass is 16.6. The Morgan fingerprint density at radius 2 is 1.03 bits per heavy atom. The highest BCUT2D eigenvalue weighted by Crippen LogP contribution is 2.26. The van der Waals surface area contributed by atoms with Crippen molar-refractivity contribution in [1.82, 2.24) is 0 Å². The maximum atomic E-state index is 12.9. The lowest BCUT2D eigenvalue weighted by molar-refractivity contribution is -0.146. The fourth-order valence-electron chi connectivity index (χ4n) is 3.26. The van der Waals surface area contributed by atoms with E-state index in [9.17, 15) is 19.2 Å². The number of amides is 2. The summed E-state index contributed by atoms with van der Waals surface area (Å²) in [7, 11) is 0. The topological polar surface area (TPSA) is 129 Å². The van der Waals surface area contributed by atoms with Gasteiger partial charge in [0, 0.05) is 11.1 Å². The fraction of sp³-hybridized carbons (Fsp3) is 0.214. The van der Waals surface area contributed by atoms with E-state index in [0.717, 1.165) is 0 Å². The molecule has 0 aliphatic rings. The summed E-state index contributed by atoms with van der Waals surface area (Å²) in [5, 5.41) is 5.47. The first-order chi connectivity index (χ1) is 18.4. The molecule has 198 valence electrons. The van der Waals surface area contributed by atoms with Gasteiger partial charge in [0.1, 0.15) is 11.5 Å². The SMILES string of the molecule is CCOC(=O)COc1ccccc1NC(=O)c1cccc(C(=O)Nc2ccccc2OCC(=O)OCC)c1. The van der Waals surface area contributed by atoms with Crippen LogP contribution in [0.2, 0.25) is 0 Å². The van der Waals surface area contributed by atoms with E-state index < -0.39 is 23.8 Å². The van der Waals surface area contributed by atoms with E-state index in [4.69, 9.17) is 18.9 Å². The molecule has 0 fully saturated rings. The van der Waals surface area contributed by atoms with E-state index in [0.29, 0.717) is 22.9 Å². The van der Waals surface area contributed by atoms with E-state index in [1.807, 2.05) is 0 Å². The zero-order valence-electron chi connectivity index (χ0n) is 21.0. The molecule has 0 aliphatic heterocycles. The molecule has 3 aromatic rings. The second-order valence-corrected chi connectivity index (χ2v) is 7.67. The normalized spacial score (nSPS) is 10.2. The van der Waals surface area contributed by atoms with Crippen LogP contribution < -0.4 is 20.1 Å². The Morgan fingerprint density at radius 1 is 0.605 bits per heavy atom. The van der Waals surface area contributed by atoms with E-state index in [2.05, 4.69) is 10.6 Å². The molecule has 10 nitrogen and oxygen atoms in total. The van der Waals surface area contributed by atoms with Crippen LogP contribution in [0.25, 0.3) is 0 Å². The molecule has 0 radical (unpaired) electrons. The third-order valence-electron chi connectivity index (χ3n) is 4.96. The second-order valence-electron chi connectivity index (χ2n) is 7.67. The maximum absolute atomic E-state index is 12.9. The highest BCUT2D eigenvalue weighted by Gasteiger charge is 2.15. The first-order valence-electron chi connectivity index (χ1n) is 11.9. The quantitative estimate of drug-likeness (QED) is 0.342. The van der Waals surface area contributed by atoms with Crippen LogP contribution >= 0.6 is 0 Å². The number of hydrogen-bond donors (Lipinski definition) is 2. The van der Waals surface area contributed by atoms with Gasteiger partial charge in [-0.05, 0) is 56.3 Å². The third kappa shape index (κ3) is 8.09. The van der Waals surface area contributed by atoms with Crippen LogP contribution in [0, 0.1) is 0 Å². The van der Waals surface area contributed by atoms with E-state index in [-0.39, 0.29) is 37.6 Å². The Hall–Kier alpha value is -4.86. The minimum absolute atomic E-state index is 0.227. The van der Waals surface area contributed by atoms with Crippen LogP contribution in [0.1, 0.15) is 34.6 Å². The number of hydrogen-bond acceptors (Lipinski definition) is 8. The Labute approximate surface area is 219 Å². The lowest BCUT2D eigenvalue weighted by atomic mass is 10.1. The van der Waals surface area contributed by atoms with Crippen molar-refractivity contribution in [2.45, 2.75) is 13.8 Å². The van der Waals surface area contributed by atoms with Gasteiger partial charge >= 0.3 is 11.9 Å². The lowest BCUT2D eigenvalue weighted by Crippen LogP contribution is -2.18. The summed E-state index contributed by atoms with van der Waals surface area (Å²) in [6, 6.07) is 19.4. The highest BCUT2D eigenvalue weighted by molar-refractivity contribution is 6.09. The van der Waals surface area contributed by atoms with Crippen LogP contribution in [0.5, 0.6) is 11.5 Å². The van der Waals surface area contributed by atoms with E-state index >= 15 is 0 Å². The average Bonchev–Trinajstić information content (AvgIpc) is 2.92. The van der Waals surface area contributed by atoms with Crippen molar-refractivity contribution >= 4 is 35.1 Å². The first-order valence-corrected chi connectivity index (χ1v) is 11.9. The summed E-state index contributed by atoms with van der Waals surface area (Å²) in [5.74, 6) is -1.43. The standard InChI is InChI=1S/C28H28N2O8/c1-3-35-25(31)17-37-23-14-7-5-12-21(23)29-27(33)19-10-9-11-20(16-19)28(34)30-22-13-6-8-15-24(22)38-18-26(32)36-4-2/h5-16H,3-4,17-18H2,1-2H3,(H,29,33)(H,30,34). The number of carbonyl (C=O) groups excluding carboxylic acids is 4. The molecule has 10 heteroatoms. The number of carbonyl (C=O) groups is 4. The number of ether oxygens (including phenoxy) is 4. The molecule has 0 unspecified atom stereocenters. The molecule has 0 saturated carbocycles. The molecule has 0 aliphatic carbocycles. The number of nitrogens with one attached hydrogen (secondary N) is 2. The predicted octanol–water partition coefficient (Wildman–Crippen LogP) is 4.08.